The molecule has 1 aliphatic heterocycles. The second-order valence-electron chi connectivity index (χ2n) is 5.85. The van der Waals surface area contributed by atoms with Gasteiger partial charge in [0.15, 0.2) is 0 Å². The van der Waals surface area contributed by atoms with Crippen molar-refractivity contribution in [2.24, 2.45) is 11.8 Å². The van der Waals surface area contributed by atoms with E-state index < -0.39 is 5.92 Å². The molecule has 0 atom stereocenters. The third-order valence-electron chi connectivity index (χ3n) is 4.47. The van der Waals surface area contributed by atoms with Crippen LogP contribution in [0.1, 0.15) is 57.8 Å². The number of piperidine rings is 1. The van der Waals surface area contributed by atoms with Crippen molar-refractivity contribution in [1.82, 2.24) is 5.32 Å². The summed E-state index contributed by atoms with van der Waals surface area (Å²) in [6.45, 7) is 1.84. The molecule has 1 saturated heterocycles. The summed E-state index contributed by atoms with van der Waals surface area (Å²) in [7, 11) is 0. The van der Waals surface area contributed by atoms with E-state index in [0.29, 0.717) is 0 Å². The maximum Gasteiger partial charge on any atom is 0.251 e. The number of alkyl halides is 2. The van der Waals surface area contributed by atoms with Gasteiger partial charge < -0.3 is 5.32 Å². The van der Waals surface area contributed by atoms with Gasteiger partial charge in [0, 0.05) is 12.3 Å². The highest BCUT2D eigenvalue weighted by atomic mass is 19.3. The van der Waals surface area contributed by atoms with E-state index in [0.717, 1.165) is 64.5 Å². The van der Waals surface area contributed by atoms with Crippen molar-refractivity contribution in [3.8, 4) is 0 Å². The van der Waals surface area contributed by atoms with E-state index in [1.807, 2.05) is 0 Å². The normalized spacial score (nSPS) is 25.8. The summed E-state index contributed by atoms with van der Waals surface area (Å²) in [5.41, 5.74) is 0. The Kier molecular flexibility index (Phi) is 4.78. The van der Waals surface area contributed by atoms with Crippen LogP contribution in [0.3, 0.4) is 0 Å². The van der Waals surface area contributed by atoms with E-state index in [2.05, 4.69) is 5.32 Å². The molecule has 0 bridgehead atoms. The molecule has 0 aromatic carbocycles. The van der Waals surface area contributed by atoms with Crippen LogP contribution < -0.4 is 5.32 Å². The van der Waals surface area contributed by atoms with Gasteiger partial charge in [-0.15, -0.1) is 0 Å². The number of halogens is 2. The van der Waals surface area contributed by atoms with Crippen LogP contribution >= 0.6 is 0 Å². The second-order valence-corrected chi connectivity index (χ2v) is 5.85. The molecule has 0 spiro atoms. The van der Waals surface area contributed by atoms with Crippen LogP contribution in [-0.4, -0.2) is 19.0 Å². The van der Waals surface area contributed by atoms with Crippen LogP contribution in [0.15, 0.2) is 0 Å². The molecule has 1 saturated carbocycles. The zero-order valence-corrected chi connectivity index (χ0v) is 10.7. The first-order chi connectivity index (χ1) is 8.18. The van der Waals surface area contributed by atoms with E-state index in [-0.39, 0.29) is 18.3 Å². The Morgan fingerprint density at radius 1 is 0.882 bits per heavy atom. The maximum atomic E-state index is 14.3. The minimum Gasteiger partial charge on any atom is -0.317 e. The smallest absolute Gasteiger partial charge is 0.251 e. The van der Waals surface area contributed by atoms with Crippen molar-refractivity contribution in [3.63, 3.8) is 0 Å². The molecular weight excluding hydrogens is 220 g/mol. The highest BCUT2D eigenvalue weighted by Crippen LogP contribution is 2.41. The van der Waals surface area contributed by atoms with E-state index in [1.165, 1.54) is 0 Å². The van der Waals surface area contributed by atoms with Gasteiger partial charge >= 0.3 is 0 Å². The van der Waals surface area contributed by atoms with Crippen LogP contribution in [0.2, 0.25) is 0 Å². The molecule has 2 rings (SSSR count). The molecule has 1 nitrogen and oxygen atoms in total. The highest BCUT2D eigenvalue weighted by Gasteiger charge is 2.41. The molecule has 2 aliphatic rings. The number of hydrogen-bond donors (Lipinski definition) is 1. The third-order valence-corrected chi connectivity index (χ3v) is 4.47. The monoisotopic (exact) mass is 245 g/mol. The predicted molar refractivity (Wildman–Crippen MR) is 66.3 cm³/mol. The fourth-order valence-electron chi connectivity index (χ4n) is 3.34. The predicted octanol–water partition coefficient (Wildman–Crippen LogP) is 3.98. The number of rotatable bonds is 3. The first-order valence-corrected chi connectivity index (χ1v) is 7.27. The first-order valence-electron chi connectivity index (χ1n) is 7.27. The Morgan fingerprint density at radius 2 is 1.47 bits per heavy atom. The molecule has 1 heterocycles. The Balaban J connectivity index is 1.86. The Bertz CT molecular complexity index is 216. The summed E-state index contributed by atoms with van der Waals surface area (Å²) < 4.78 is 28.5. The van der Waals surface area contributed by atoms with Gasteiger partial charge in [0.1, 0.15) is 0 Å². The number of nitrogens with one attached hydrogen (secondary N) is 1. The summed E-state index contributed by atoms with van der Waals surface area (Å²) >= 11 is 0. The Morgan fingerprint density at radius 3 is 2.06 bits per heavy atom. The van der Waals surface area contributed by atoms with Gasteiger partial charge in [0.25, 0.3) is 5.92 Å². The molecule has 0 radical (unpaired) electrons. The molecule has 0 unspecified atom stereocenters. The van der Waals surface area contributed by atoms with E-state index in [9.17, 15) is 8.78 Å². The average molecular weight is 245 g/mol. The zero-order chi connectivity index (χ0) is 12.1. The van der Waals surface area contributed by atoms with Crippen molar-refractivity contribution in [1.29, 1.82) is 0 Å². The average Bonchev–Trinajstić information content (AvgIpc) is 2.58. The quantitative estimate of drug-likeness (QED) is 0.742. The van der Waals surface area contributed by atoms with Crippen molar-refractivity contribution in [3.05, 3.63) is 0 Å². The largest absolute Gasteiger partial charge is 0.317 e. The van der Waals surface area contributed by atoms with Crippen molar-refractivity contribution < 1.29 is 8.78 Å². The second kappa shape index (κ2) is 6.12. The zero-order valence-electron chi connectivity index (χ0n) is 10.7. The summed E-state index contributed by atoms with van der Waals surface area (Å²) in [5, 5.41) is 3.25. The molecule has 17 heavy (non-hydrogen) atoms. The van der Waals surface area contributed by atoms with Gasteiger partial charge in [-0.3, -0.25) is 0 Å². The molecular formula is C14H25F2N. The third kappa shape index (κ3) is 3.90. The first kappa shape index (κ1) is 13.3. The van der Waals surface area contributed by atoms with E-state index >= 15 is 0 Å². The summed E-state index contributed by atoms with van der Waals surface area (Å²) in [4.78, 5) is 0. The van der Waals surface area contributed by atoms with Crippen molar-refractivity contribution in [2.45, 2.75) is 63.7 Å². The van der Waals surface area contributed by atoms with E-state index in [4.69, 9.17) is 0 Å². The fourth-order valence-corrected chi connectivity index (χ4v) is 3.34. The Hall–Kier alpha value is -0.180. The van der Waals surface area contributed by atoms with Gasteiger partial charge in [0.2, 0.25) is 0 Å². The van der Waals surface area contributed by atoms with Crippen LogP contribution in [0.25, 0.3) is 0 Å². The molecule has 0 aromatic rings. The lowest BCUT2D eigenvalue weighted by molar-refractivity contribution is -0.0845. The highest BCUT2D eigenvalue weighted by molar-refractivity contribution is 4.83. The summed E-state index contributed by atoms with van der Waals surface area (Å²) in [6.07, 6.45) is 7.82. The lowest BCUT2D eigenvalue weighted by atomic mass is 9.83. The summed E-state index contributed by atoms with van der Waals surface area (Å²) in [6, 6.07) is 0. The van der Waals surface area contributed by atoms with Gasteiger partial charge in [-0.2, -0.15) is 0 Å². The minimum absolute atomic E-state index is 0.138. The SMILES string of the molecule is FC(F)(CC1CCNCC1)C1CCCCCC1. The Labute approximate surface area is 103 Å². The van der Waals surface area contributed by atoms with Gasteiger partial charge in [-0.05, 0) is 44.7 Å². The lowest BCUT2D eigenvalue weighted by Gasteiger charge is -2.31. The minimum atomic E-state index is -2.41. The summed E-state index contributed by atoms with van der Waals surface area (Å²) in [5.74, 6) is -2.50. The molecule has 0 aromatic heterocycles. The van der Waals surface area contributed by atoms with Gasteiger partial charge in [0.05, 0.1) is 0 Å². The maximum absolute atomic E-state index is 14.3. The molecule has 1 N–H and O–H groups in total. The molecule has 1 aliphatic carbocycles. The van der Waals surface area contributed by atoms with Gasteiger partial charge in [-0.1, -0.05) is 25.7 Å². The van der Waals surface area contributed by atoms with E-state index in [1.54, 1.807) is 0 Å². The van der Waals surface area contributed by atoms with Crippen LogP contribution in [0, 0.1) is 11.8 Å². The topological polar surface area (TPSA) is 12.0 Å². The lowest BCUT2D eigenvalue weighted by Crippen LogP contribution is -2.35. The van der Waals surface area contributed by atoms with Crippen LogP contribution in [-0.2, 0) is 0 Å². The fraction of sp³-hybridized carbons (Fsp3) is 1.00. The molecule has 0 amide bonds. The molecule has 100 valence electrons. The van der Waals surface area contributed by atoms with Crippen molar-refractivity contribution in [2.75, 3.05) is 13.1 Å². The van der Waals surface area contributed by atoms with Crippen LogP contribution in [0.5, 0.6) is 0 Å². The van der Waals surface area contributed by atoms with Crippen LogP contribution in [0.4, 0.5) is 8.78 Å². The number of hydrogen-bond acceptors (Lipinski definition) is 1. The standard InChI is InChI=1S/C14H25F2N/c15-14(16,11-12-7-9-17-10-8-12)13-5-3-1-2-4-6-13/h12-13,17H,1-11H2. The molecule has 3 heteroatoms. The van der Waals surface area contributed by atoms with Crippen molar-refractivity contribution >= 4 is 0 Å². The molecule has 2 fully saturated rings. The van der Waals surface area contributed by atoms with Gasteiger partial charge in [-0.25, -0.2) is 8.78 Å².